The lowest BCUT2D eigenvalue weighted by molar-refractivity contribution is -0.131. The summed E-state index contributed by atoms with van der Waals surface area (Å²) in [6, 6.07) is 6.88. The van der Waals surface area contributed by atoms with Crippen LogP contribution in [0.25, 0.3) is 0 Å². The highest BCUT2D eigenvalue weighted by molar-refractivity contribution is 6.07. The van der Waals surface area contributed by atoms with Gasteiger partial charge in [-0.25, -0.2) is 4.79 Å². The van der Waals surface area contributed by atoms with Crippen LogP contribution >= 0.6 is 0 Å². The molecule has 1 atom stereocenters. The predicted molar refractivity (Wildman–Crippen MR) is 72.6 cm³/mol. The van der Waals surface area contributed by atoms with Gasteiger partial charge < -0.3 is 11.1 Å². The summed E-state index contributed by atoms with van der Waals surface area (Å²) < 4.78 is 0. The first-order chi connectivity index (χ1) is 9.34. The van der Waals surface area contributed by atoms with Crippen molar-refractivity contribution in [2.75, 3.05) is 6.54 Å². The van der Waals surface area contributed by atoms with Crippen molar-refractivity contribution in [3.05, 3.63) is 35.4 Å². The molecule has 0 aliphatic carbocycles. The molecule has 0 radical (unpaired) electrons. The molecule has 6 heteroatoms. The molecular formula is C14H17N3O3. The molecule has 4 amide bonds. The summed E-state index contributed by atoms with van der Waals surface area (Å²) in [7, 11) is 0. The number of nitrogens with two attached hydrogens (primary N) is 1. The predicted octanol–water partition coefficient (Wildman–Crippen LogP) is 0.637. The van der Waals surface area contributed by atoms with Gasteiger partial charge in [0, 0.05) is 13.0 Å². The first-order valence-electron chi connectivity index (χ1n) is 6.34. The first kappa shape index (κ1) is 14.0. The van der Waals surface area contributed by atoms with Gasteiger partial charge in [-0.2, -0.15) is 0 Å². The Balaban J connectivity index is 2.25. The second-order valence-corrected chi connectivity index (χ2v) is 5.09. The maximum Gasteiger partial charge on any atom is 0.325 e. The molecule has 2 rings (SSSR count). The molecule has 0 bridgehead atoms. The van der Waals surface area contributed by atoms with Gasteiger partial charge in [-0.3, -0.25) is 14.5 Å². The number of hydrogen-bond acceptors (Lipinski definition) is 3. The molecule has 6 nitrogen and oxygen atoms in total. The van der Waals surface area contributed by atoms with Gasteiger partial charge >= 0.3 is 6.03 Å². The summed E-state index contributed by atoms with van der Waals surface area (Å²) in [6.07, 6.45) is -0.0386. The van der Waals surface area contributed by atoms with Crippen LogP contribution in [0, 0.1) is 6.92 Å². The van der Waals surface area contributed by atoms with E-state index in [9.17, 15) is 14.4 Å². The number of urea groups is 1. The van der Waals surface area contributed by atoms with E-state index in [-0.39, 0.29) is 18.9 Å². The molecule has 0 spiro atoms. The van der Waals surface area contributed by atoms with Crippen LogP contribution in [0.4, 0.5) is 4.79 Å². The van der Waals surface area contributed by atoms with Gasteiger partial charge in [0.25, 0.3) is 5.91 Å². The number of carbonyl (C=O) groups is 3. The molecule has 106 valence electrons. The third kappa shape index (κ3) is 2.36. The standard InChI is InChI=1S/C14H17N3O3/c1-9-3-5-10(6-4-9)14(2)12(19)17(13(20)16-14)8-7-11(15)18/h3-6H,7-8H2,1-2H3,(H2,15,18)(H,16,20). The number of imide groups is 1. The van der Waals surface area contributed by atoms with Gasteiger partial charge in [0.05, 0.1) is 0 Å². The number of nitrogens with one attached hydrogen (secondary N) is 1. The van der Waals surface area contributed by atoms with Crippen LogP contribution in [0.3, 0.4) is 0 Å². The van der Waals surface area contributed by atoms with E-state index in [0.29, 0.717) is 5.56 Å². The monoisotopic (exact) mass is 275 g/mol. The van der Waals surface area contributed by atoms with E-state index in [1.165, 1.54) is 0 Å². The van der Waals surface area contributed by atoms with Gasteiger partial charge in [-0.1, -0.05) is 29.8 Å². The van der Waals surface area contributed by atoms with Gasteiger partial charge in [0.1, 0.15) is 5.54 Å². The second-order valence-electron chi connectivity index (χ2n) is 5.09. The molecule has 1 saturated heterocycles. The number of hydrogen-bond donors (Lipinski definition) is 2. The van der Waals surface area contributed by atoms with Crippen molar-refractivity contribution in [1.29, 1.82) is 0 Å². The Morgan fingerprint density at radius 3 is 2.45 bits per heavy atom. The van der Waals surface area contributed by atoms with E-state index in [1.54, 1.807) is 6.92 Å². The highest BCUT2D eigenvalue weighted by Crippen LogP contribution is 2.28. The second kappa shape index (κ2) is 4.96. The number of amides is 4. The summed E-state index contributed by atoms with van der Waals surface area (Å²) in [4.78, 5) is 36.1. The molecule has 1 fully saturated rings. The first-order valence-corrected chi connectivity index (χ1v) is 6.34. The quantitative estimate of drug-likeness (QED) is 0.790. The molecule has 1 unspecified atom stereocenters. The van der Waals surface area contributed by atoms with Crippen LogP contribution in [0.1, 0.15) is 24.5 Å². The van der Waals surface area contributed by atoms with Crippen molar-refractivity contribution < 1.29 is 14.4 Å². The Labute approximate surface area is 116 Å². The van der Waals surface area contributed by atoms with Gasteiger partial charge in [-0.05, 0) is 19.4 Å². The van der Waals surface area contributed by atoms with Crippen LogP contribution in [-0.4, -0.2) is 29.3 Å². The molecule has 1 aliphatic rings. The number of rotatable bonds is 4. The molecule has 1 aromatic rings. The number of nitrogens with zero attached hydrogens (tertiary/aromatic N) is 1. The third-order valence-corrected chi connectivity index (χ3v) is 3.49. The fourth-order valence-electron chi connectivity index (χ4n) is 2.20. The summed E-state index contributed by atoms with van der Waals surface area (Å²) in [5, 5.41) is 2.67. The highest BCUT2D eigenvalue weighted by Gasteiger charge is 2.48. The summed E-state index contributed by atoms with van der Waals surface area (Å²) in [5.74, 6) is -0.915. The Morgan fingerprint density at radius 2 is 1.90 bits per heavy atom. The number of carbonyl (C=O) groups excluding carboxylic acids is 3. The average molecular weight is 275 g/mol. The Morgan fingerprint density at radius 1 is 1.30 bits per heavy atom. The van der Waals surface area contributed by atoms with Crippen LogP contribution in [0.2, 0.25) is 0 Å². The molecule has 0 aromatic heterocycles. The van der Waals surface area contributed by atoms with E-state index in [1.807, 2.05) is 31.2 Å². The van der Waals surface area contributed by atoms with Crippen molar-refractivity contribution in [1.82, 2.24) is 10.2 Å². The molecule has 1 aliphatic heterocycles. The Kier molecular flexibility index (Phi) is 3.48. The maximum atomic E-state index is 12.4. The smallest absolute Gasteiger partial charge is 0.325 e. The lowest BCUT2D eigenvalue weighted by Crippen LogP contribution is -2.41. The van der Waals surface area contributed by atoms with E-state index in [4.69, 9.17) is 5.73 Å². The van der Waals surface area contributed by atoms with Gasteiger partial charge in [0.2, 0.25) is 5.91 Å². The third-order valence-electron chi connectivity index (χ3n) is 3.49. The van der Waals surface area contributed by atoms with Crippen LogP contribution in [0.5, 0.6) is 0 Å². The molecule has 3 N–H and O–H groups in total. The topological polar surface area (TPSA) is 92.5 Å². The highest BCUT2D eigenvalue weighted by atomic mass is 16.2. The Bertz CT molecular complexity index is 568. The molecule has 20 heavy (non-hydrogen) atoms. The summed E-state index contributed by atoms with van der Waals surface area (Å²) in [5.41, 5.74) is 5.73. The zero-order valence-electron chi connectivity index (χ0n) is 11.5. The minimum absolute atomic E-state index is 0.00144. The normalized spacial score (nSPS) is 22.0. The Hall–Kier alpha value is -2.37. The lowest BCUT2D eigenvalue weighted by atomic mass is 9.91. The molecule has 1 heterocycles. The maximum absolute atomic E-state index is 12.4. The van der Waals surface area contributed by atoms with E-state index in [0.717, 1.165) is 10.5 Å². The van der Waals surface area contributed by atoms with Crippen molar-refractivity contribution in [2.45, 2.75) is 25.8 Å². The number of benzene rings is 1. The zero-order valence-corrected chi connectivity index (χ0v) is 11.5. The van der Waals surface area contributed by atoms with Crippen molar-refractivity contribution in [3.63, 3.8) is 0 Å². The van der Waals surface area contributed by atoms with Crippen molar-refractivity contribution >= 4 is 17.8 Å². The summed E-state index contributed by atoms with van der Waals surface area (Å²) in [6.45, 7) is 3.60. The zero-order chi connectivity index (χ0) is 14.9. The molecule has 0 saturated carbocycles. The fourth-order valence-corrected chi connectivity index (χ4v) is 2.20. The minimum Gasteiger partial charge on any atom is -0.370 e. The largest absolute Gasteiger partial charge is 0.370 e. The number of primary amides is 1. The average Bonchev–Trinajstić information content (AvgIpc) is 2.59. The lowest BCUT2D eigenvalue weighted by Gasteiger charge is -2.22. The van der Waals surface area contributed by atoms with Crippen LogP contribution < -0.4 is 11.1 Å². The van der Waals surface area contributed by atoms with Gasteiger partial charge in [0.15, 0.2) is 0 Å². The van der Waals surface area contributed by atoms with Crippen LogP contribution in [0.15, 0.2) is 24.3 Å². The number of aryl methyl sites for hydroxylation is 1. The minimum atomic E-state index is -1.09. The van der Waals surface area contributed by atoms with Gasteiger partial charge in [-0.15, -0.1) is 0 Å². The van der Waals surface area contributed by atoms with Crippen LogP contribution in [-0.2, 0) is 15.1 Å². The SMILES string of the molecule is Cc1ccc(C2(C)NC(=O)N(CCC(N)=O)C2=O)cc1. The van der Waals surface area contributed by atoms with E-state index in [2.05, 4.69) is 5.32 Å². The fraction of sp³-hybridized carbons (Fsp3) is 0.357. The summed E-state index contributed by atoms with van der Waals surface area (Å²) >= 11 is 0. The molecule has 1 aromatic carbocycles. The van der Waals surface area contributed by atoms with E-state index >= 15 is 0 Å². The van der Waals surface area contributed by atoms with Crippen molar-refractivity contribution in [2.24, 2.45) is 5.73 Å². The molecular weight excluding hydrogens is 258 g/mol. The van der Waals surface area contributed by atoms with Crippen molar-refractivity contribution in [3.8, 4) is 0 Å². The van der Waals surface area contributed by atoms with E-state index < -0.39 is 17.5 Å².